The van der Waals surface area contributed by atoms with Crippen LogP contribution in [0.2, 0.25) is 0 Å². The molecule has 1 atom stereocenters. The van der Waals surface area contributed by atoms with E-state index in [4.69, 9.17) is 0 Å². The molecule has 0 saturated carbocycles. The summed E-state index contributed by atoms with van der Waals surface area (Å²) >= 11 is 0. The molecule has 0 radical (unpaired) electrons. The third-order valence-electron chi connectivity index (χ3n) is 3.50. The number of aliphatic hydroxyl groups is 1. The summed E-state index contributed by atoms with van der Waals surface area (Å²) in [5, 5.41) is 20.6. The van der Waals surface area contributed by atoms with E-state index in [1.54, 1.807) is 19.2 Å². The Labute approximate surface area is 112 Å². The predicted molar refractivity (Wildman–Crippen MR) is 72.1 cm³/mol. The molecule has 1 aliphatic heterocycles. The Bertz CT molecular complexity index is 444. The number of rotatable bonds is 2. The molecular formula is C13H20N4O2. The molecule has 2 heterocycles. The molecule has 0 aliphatic carbocycles. The fraction of sp³-hybridized carbons (Fsp3) is 0.615. The Morgan fingerprint density at radius 1 is 1.37 bits per heavy atom. The van der Waals surface area contributed by atoms with Gasteiger partial charge in [0.2, 0.25) is 0 Å². The van der Waals surface area contributed by atoms with E-state index in [9.17, 15) is 9.90 Å². The lowest BCUT2D eigenvalue weighted by Crippen LogP contribution is -2.29. The fourth-order valence-corrected chi connectivity index (χ4v) is 2.24. The van der Waals surface area contributed by atoms with Gasteiger partial charge in [0.25, 0.3) is 5.91 Å². The highest BCUT2D eigenvalue weighted by Crippen LogP contribution is 2.23. The molecule has 6 heteroatoms. The van der Waals surface area contributed by atoms with E-state index >= 15 is 0 Å². The van der Waals surface area contributed by atoms with E-state index < -0.39 is 5.60 Å². The van der Waals surface area contributed by atoms with Crippen molar-refractivity contribution >= 4 is 11.7 Å². The largest absolute Gasteiger partial charge is 0.390 e. The van der Waals surface area contributed by atoms with E-state index in [1.165, 1.54) is 0 Å². The average molecular weight is 264 g/mol. The second-order valence-electron chi connectivity index (χ2n) is 5.19. The van der Waals surface area contributed by atoms with Gasteiger partial charge in [-0.2, -0.15) is 0 Å². The van der Waals surface area contributed by atoms with Crippen molar-refractivity contribution < 1.29 is 9.90 Å². The molecule has 1 aromatic rings. The van der Waals surface area contributed by atoms with Gasteiger partial charge in [-0.3, -0.25) is 4.79 Å². The zero-order valence-electron chi connectivity index (χ0n) is 11.4. The molecule has 104 valence electrons. The van der Waals surface area contributed by atoms with Gasteiger partial charge < -0.3 is 15.3 Å². The van der Waals surface area contributed by atoms with Crippen molar-refractivity contribution in [3.8, 4) is 0 Å². The summed E-state index contributed by atoms with van der Waals surface area (Å²) in [4.78, 5) is 13.5. The molecule has 6 nitrogen and oxygen atoms in total. The number of hydrogen-bond acceptors (Lipinski definition) is 5. The molecule has 0 spiro atoms. The summed E-state index contributed by atoms with van der Waals surface area (Å²) in [6.07, 6.45) is 2.44. The summed E-state index contributed by atoms with van der Waals surface area (Å²) in [7, 11) is 1.56. The lowest BCUT2D eigenvalue weighted by molar-refractivity contribution is 0.0481. The molecule has 19 heavy (non-hydrogen) atoms. The first-order valence-corrected chi connectivity index (χ1v) is 6.55. The predicted octanol–water partition coefficient (Wildman–Crippen LogP) is 0.577. The molecule has 2 rings (SSSR count). The summed E-state index contributed by atoms with van der Waals surface area (Å²) in [6, 6.07) is 3.47. The minimum Gasteiger partial charge on any atom is -0.390 e. The zero-order valence-corrected chi connectivity index (χ0v) is 11.4. The highest BCUT2D eigenvalue weighted by atomic mass is 16.3. The highest BCUT2D eigenvalue weighted by Gasteiger charge is 2.25. The topological polar surface area (TPSA) is 78.4 Å². The van der Waals surface area contributed by atoms with E-state index in [1.807, 2.05) is 6.92 Å². The van der Waals surface area contributed by atoms with Crippen molar-refractivity contribution in [2.24, 2.45) is 0 Å². The normalized spacial score (nSPS) is 23.8. The highest BCUT2D eigenvalue weighted by molar-refractivity contribution is 5.91. The summed E-state index contributed by atoms with van der Waals surface area (Å²) in [5.41, 5.74) is -0.280. The maximum atomic E-state index is 11.4. The standard InChI is InChI=1S/C13H20N4O2/c1-13(19)6-3-8-17(9-7-13)11-5-4-10(15-16-11)12(18)14-2/h4-5,19H,3,6-9H2,1-2H3,(H,14,18). The fourth-order valence-electron chi connectivity index (χ4n) is 2.24. The van der Waals surface area contributed by atoms with Gasteiger partial charge >= 0.3 is 0 Å². The van der Waals surface area contributed by atoms with Crippen molar-refractivity contribution in [2.45, 2.75) is 31.8 Å². The zero-order chi connectivity index (χ0) is 13.9. The maximum Gasteiger partial charge on any atom is 0.271 e. The van der Waals surface area contributed by atoms with Crippen molar-refractivity contribution in [2.75, 3.05) is 25.0 Å². The molecule has 0 aromatic carbocycles. The number of aromatic nitrogens is 2. The minimum atomic E-state index is -0.593. The van der Waals surface area contributed by atoms with Crippen LogP contribution in [-0.2, 0) is 0 Å². The van der Waals surface area contributed by atoms with Crippen LogP contribution in [0, 0.1) is 0 Å². The number of carbonyl (C=O) groups excluding carboxylic acids is 1. The number of anilines is 1. The first kappa shape index (κ1) is 13.7. The molecular weight excluding hydrogens is 244 g/mol. The van der Waals surface area contributed by atoms with Gasteiger partial charge in [-0.25, -0.2) is 0 Å². The number of carbonyl (C=O) groups is 1. The Balaban J connectivity index is 2.08. The number of nitrogens with zero attached hydrogens (tertiary/aromatic N) is 3. The van der Waals surface area contributed by atoms with Crippen molar-refractivity contribution in [1.29, 1.82) is 0 Å². The van der Waals surface area contributed by atoms with Gasteiger partial charge in [0.1, 0.15) is 0 Å². The van der Waals surface area contributed by atoms with E-state index in [-0.39, 0.29) is 5.91 Å². The van der Waals surface area contributed by atoms with E-state index in [0.29, 0.717) is 12.1 Å². The van der Waals surface area contributed by atoms with Crippen LogP contribution in [0.5, 0.6) is 0 Å². The monoisotopic (exact) mass is 264 g/mol. The minimum absolute atomic E-state index is 0.238. The van der Waals surface area contributed by atoms with Crippen molar-refractivity contribution in [3.05, 3.63) is 17.8 Å². The average Bonchev–Trinajstić information content (AvgIpc) is 2.59. The van der Waals surface area contributed by atoms with Gasteiger partial charge in [-0.15, -0.1) is 10.2 Å². The smallest absolute Gasteiger partial charge is 0.271 e. The van der Waals surface area contributed by atoms with Crippen molar-refractivity contribution in [1.82, 2.24) is 15.5 Å². The first-order valence-electron chi connectivity index (χ1n) is 6.55. The van der Waals surface area contributed by atoms with Crippen LogP contribution < -0.4 is 10.2 Å². The van der Waals surface area contributed by atoms with Gasteiger partial charge in [-0.1, -0.05) is 0 Å². The summed E-state index contributed by atoms with van der Waals surface area (Å²) in [5.74, 6) is 0.517. The Hall–Kier alpha value is -1.69. The second kappa shape index (κ2) is 5.52. The third kappa shape index (κ3) is 3.41. The van der Waals surface area contributed by atoms with Crippen LogP contribution >= 0.6 is 0 Å². The van der Waals surface area contributed by atoms with Crippen LogP contribution in [0.4, 0.5) is 5.82 Å². The molecule has 1 saturated heterocycles. The van der Waals surface area contributed by atoms with E-state index in [0.717, 1.165) is 31.7 Å². The summed E-state index contributed by atoms with van der Waals surface area (Å²) in [6.45, 7) is 3.47. The molecule has 1 unspecified atom stereocenters. The Morgan fingerprint density at radius 2 is 2.16 bits per heavy atom. The Morgan fingerprint density at radius 3 is 2.79 bits per heavy atom. The van der Waals surface area contributed by atoms with Gasteiger partial charge in [0, 0.05) is 20.1 Å². The van der Waals surface area contributed by atoms with Gasteiger partial charge in [-0.05, 0) is 38.3 Å². The quantitative estimate of drug-likeness (QED) is 0.817. The van der Waals surface area contributed by atoms with Crippen LogP contribution in [0.1, 0.15) is 36.7 Å². The maximum absolute atomic E-state index is 11.4. The van der Waals surface area contributed by atoms with Crippen LogP contribution in [0.25, 0.3) is 0 Å². The molecule has 1 aliphatic rings. The molecule has 0 bridgehead atoms. The number of nitrogens with one attached hydrogen (secondary N) is 1. The van der Waals surface area contributed by atoms with Crippen LogP contribution in [0.15, 0.2) is 12.1 Å². The van der Waals surface area contributed by atoms with Gasteiger partial charge in [0.05, 0.1) is 5.60 Å². The lowest BCUT2D eigenvalue weighted by atomic mass is 9.98. The third-order valence-corrected chi connectivity index (χ3v) is 3.50. The molecule has 1 amide bonds. The Kier molecular flexibility index (Phi) is 3.99. The first-order chi connectivity index (χ1) is 9.02. The number of amides is 1. The van der Waals surface area contributed by atoms with Gasteiger partial charge in [0.15, 0.2) is 11.5 Å². The lowest BCUT2D eigenvalue weighted by Gasteiger charge is -2.22. The SMILES string of the molecule is CNC(=O)c1ccc(N2CCCC(C)(O)CC2)nn1. The summed E-state index contributed by atoms with van der Waals surface area (Å²) < 4.78 is 0. The van der Waals surface area contributed by atoms with Crippen LogP contribution in [0.3, 0.4) is 0 Å². The second-order valence-corrected chi connectivity index (χ2v) is 5.19. The number of hydrogen-bond donors (Lipinski definition) is 2. The van der Waals surface area contributed by atoms with Crippen molar-refractivity contribution in [3.63, 3.8) is 0 Å². The molecule has 1 fully saturated rings. The van der Waals surface area contributed by atoms with E-state index in [2.05, 4.69) is 20.4 Å². The molecule has 1 aromatic heterocycles. The molecule has 2 N–H and O–H groups in total. The van der Waals surface area contributed by atoms with Crippen LogP contribution in [-0.4, -0.2) is 46.9 Å².